The number of ether oxygens (including phenoxy) is 1. The van der Waals surface area contributed by atoms with Gasteiger partial charge in [-0.25, -0.2) is 4.98 Å². The Kier molecular flexibility index (Phi) is 15.6. The molecule has 2 aromatic heterocycles. The molecule has 0 radical (unpaired) electrons. The first kappa shape index (κ1) is 30.8. The van der Waals surface area contributed by atoms with Crippen molar-refractivity contribution in [2.75, 3.05) is 18.9 Å². The normalized spacial score (nSPS) is 12.3. The van der Waals surface area contributed by atoms with Gasteiger partial charge in [0.25, 0.3) is 5.56 Å². The van der Waals surface area contributed by atoms with Crippen LogP contribution >= 0.6 is 0 Å². The lowest BCUT2D eigenvalue weighted by Crippen LogP contribution is -2.19. The molecule has 2 heterocycles. The monoisotopic (exact) mass is 519 g/mol. The van der Waals surface area contributed by atoms with Crippen molar-refractivity contribution in [2.24, 2.45) is 5.92 Å². The fraction of sp³-hybridized carbons (Fsp3) is 0.786. The number of hydrogen-bond acceptors (Lipinski definition) is 7. The molecular weight excluding hydrogens is 470 g/mol. The minimum Gasteiger partial charge on any atom is -0.465 e. The number of nitrogens with two attached hydrogens (primary N) is 1. The van der Waals surface area contributed by atoms with E-state index in [0.717, 1.165) is 12.8 Å². The quantitative estimate of drug-likeness (QED) is 0.138. The Morgan fingerprint density at radius 3 is 2.14 bits per heavy atom. The second-order valence-corrected chi connectivity index (χ2v) is 10.3. The lowest BCUT2D eigenvalue weighted by atomic mass is 10.0. The van der Waals surface area contributed by atoms with Crippen LogP contribution in [0.25, 0.3) is 11.2 Å². The van der Waals surface area contributed by atoms with Crippen LogP contribution in [0.15, 0.2) is 11.1 Å². The molecule has 210 valence electrons. The third-order valence-corrected chi connectivity index (χ3v) is 6.99. The van der Waals surface area contributed by atoms with Gasteiger partial charge in [-0.3, -0.25) is 14.6 Å². The fourth-order valence-electron chi connectivity index (χ4n) is 4.61. The lowest BCUT2D eigenvalue weighted by molar-refractivity contribution is -0.145. The summed E-state index contributed by atoms with van der Waals surface area (Å²) in [5, 5.41) is 9.68. The van der Waals surface area contributed by atoms with Crippen molar-refractivity contribution in [1.29, 1.82) is 0 Å². The number of anilines is 1. The molecule has 0 aliphatic carbocycles. The van der Waals surface area contributed by atoms with E-state index in [4.69, 9.17) is 10.5 Å². The number of aliphatic hydroxyl groups excluding tert-OH is 1. The van der Waals surface area contributed by atoms with E-state index in [1.54, 1.807) is 4.57 Å². The SMILES string of the molecule is CCCCCCCCCCCCCCCCCC(=O)OCC(CO)CCn1cnc2c(=O)[nH]c(N)nc21. The van der Waals surface area contributed by atoms with Gasteiger partial charge < -0.3 is 20.1 Å². The highest BCUT2D eigenvalue weighted by Crippen LogP contribution is 2.15. The third-order valence-electron chi connectivity index (χ3n) is 6.99. The summed E-state index contributed by atoms with van der Waals surface area (Å²) in [4.78, 5) is 34.6. The Labute approximate surface area is 221 Å². The molecule has 0 aromatic carbocycles. The summed E-state index contributed by atoms with van der Waals surface area (Å²) in [5.41, 5.74) is 5.88. The average molecular weight is 520 g/mol. The number of aromatic nitrogens is 4. The Bertz CT molecular complexity index is 942. The van der Waals surface area contributed by atoms with Crippen LogP contribution in [0, 0.1) is 5.92 Å². The van der Waals surface area contributed by atoms with Crippen LogP contribution in [0.4, 0.5) is 5.95 Å². The number of hydrogen-bond donors (Lipinski definition) is 3. The first-order chi connectivity index (χ1) is 18.0. The fourth-order valence-corrected chi connectivity index (χ4v) is 4.61. The highest BCUT2D eigenvalue weighted by Gasteiger charge is 2.14. The molecule has 9 nitrogen and oxygen atoms in total. The van der Waals surface area contributed by atoms with Gasteiger partial charge in [-0.05, 0) is 12.8 Å². The van der Waals surface area contributed by atoms with E-state index < -0.39 is 0 Å². The molecule has 2 aromatic rings. The van der Waals surface area contributed by atoms with E-state index in [-0.39, 0.29) is 42.1 Å². The van der Waals surface area contributed by atoms with Crippen molar-refractivity contribution in [3.05, 3.63) is 16.7 Å². The predicted molar refractivity (Wildman–Crippen MR) is 148 cm³/mol. The molecule has 0 aliphatic heterocycles. The molecule has 0 saturated carbocycles. The van der Waals surface area contributed by atoms with Crippen molar-refractivity contribution in [2.45, 2.75) is 123 Å². The molecule has 0 amide bonds. The molecular formula is C28H49N5O4. The molecule has 0 fully saturated rings. The van der Waals surface area contributed by atoms with Crippen LogP contribution in [0.3, 0.4) is 0 Å². The van der Waals surface area contributed by atoms with Gasteiger partial charge in [-0.2, -0.15) is 4.98 Å². The number of nitrogen functional groups attached to an aromatic ring is 1. The van der Waals surface area contributed by atoms with Crippen LogP contribution in [0.2, 0.25) is 0 Å². The lowest BCUT2D eigenvalue weighted by Gasteiger charge is -2.15. The predicted octanol–water partition coefficient (Wildman–Crippen LogP) is 5.51. The molecule has 0 bridgehead atoms. The van der Waals surface area contributed by atoms with Crippen LogP contribution in [-0.4, -0.2) is 43.8 Å². The summed E-state index contributed by atoms with van der Waals surface area (Å²) in [5.74, 6) is -0.366. The van der Waals surface area contributed by atoms with Crippen LogP contribution in [0.5, 0.6) is 0 Å². The minimum absolute atomic E-state index is 0.0330. The maximum Gasteiger partial charge on any atom is 0.305 e. The van der Waals surface area contributed by atoms with Gasteiger partial charge in [0.1, 0.15) is 0 Å². The number of nitrogens with zero attached hydrogens (tertiary/aromatic N) is 3. The first-order valence-corrected chi connectivity index (χ1v) is 14.5. The van der Waals surface area contributed by atoms with E-state index in [9.17, 15) is 14.7 Å². The van der Waals surface area contributed by atoms with Crippen molar-refractivity contribution in [3.8, 4) is 0 Å². The number of aryl methyl sites for hydroxylation is 1. The largest absolute Gasteiger partial charge is 0.465 e. The van der Waals surface area contributed by atoms with Gasteiger partial charge >= 0.3 is 5.97 Å². The van der Waals surface area contributed by atoms with Gasteiger partial charge in [0.15, 0.2) is 11.2 Å². The van der Waals surface area contributed by atoms with Crippen molar-refractivity contribution in [1.82, 2.24) is 19.5 Å². The second-order valence-electron chi connectivity index (χ2n) is 10.3. The Hall–Kier alpha value is -2.42. The topological polar surface area (TPSA) is 136 Å². The zero-order valence-corrected chi connectivity index (χ0v) is 22.9. The summed E-state index contributed by atoms with van der Waals surface area (Å²) in [6, 6.07) is 0. The number of imidazole rings is 1. The van der Waals surface area contributed by atoms with Crippen LogP contribution in [-0.2, 0) is 16.1 Å². The Balaban J connectivity index is 1.46. The number of rotatable bonds is 22. The number of aliphatic hydroxyl groups is 1. The van der Waals surface area contributed by atoms with E-state index in [1.807, 2.05) is 0 Å². The molecule has 37 heavy (non-hydrogen) atoms. The third kappa shape index (κ3) is 12.6. The van der Waals surface area contributed by atoms with E-state index in [0.29, 0.717) is 25.0 Å². The number of unbranched alkanes of at least 4 members (excludes halogenated alkanes) is 14. The Morgan fingerprint density at radius 2 is 1.57 bits per heavy atom. The van der Waals surface area contributed by atoms with Gasteiger partial charge in [0.2, 0.25) is 5.95 Å². The molecule has 9 heteroatoms. The number of carbonyl (C=O) groups is 1. The maximum atomic E-state index is 12.1. The summed E-state index contributed by atoms with van der Waals surface area (Å²) >= 11 is 0. The van der Waals surface area contributed by atoms with E-state index >= 15 is 0 Å². The molecule has 2 rings (SSSR count). The highest BCUT2D eigenvalue weighted by atomic mass is 16.5. The molecule has 0 spiro atoms. The van der Waals surface area contributed by atoms with Crippen molar-refractivity contribution >= 4 is 23.1 Å². The van der Waals surface area contributed by atoms with Gasteiger partial charge in [-0.15, -0.1) is 0 Å². The summed E-state index contributed by atoms with van der Waals surface area (Å²) < 4.78 is 7.12. The molecule has 1 atom stereocenters. The van der Waals surface area contributed by atoms with Crippen LogP contribution in [0.1, 0.15) is 116 Å². The molecule has 0 aliphatic rings. The minimum atomic E-state index is -0.382. The number of aromatic amines is 1. The zero-order valence-electron chi connectivity index (χ0n) is 22.9. The molecule has 1 unspecified atom stereocenters. The van der Waals surface area contributed by atoms with Crippen molar-refractivity contribution in [3.63, 3.8) is 0 Å². The van der Waals surface area contributed by atoms with E-state index in [1.165, 1.54) is 89.8 Å². The molecule has 4 N–H and O–H groups in total. The van der Waals surface area contributed by atoms with Gasteiger partial charge in [0.05, 0.1) is 12.9 Å². The standard InChI is InChI=1S/C28H49N5O4/c1-2-3-4-5-6-7-8-9-10-11-12-13-14-15-16-17-24(35)37-21-23(20-34)18-19-33-22-30-25-26(33)31-28(29)32-27(25)36/h22-23,34H,2-21H2,1H3,(H3,29,31,32,36). The smallest absolute Gasteiger partial charge is 0.305 e. The van der Waals surface area contributed by atoms with Gasteiger partial charge in [-0.1, -0.05) is 96.8 Å². The maximum absolute atomic E-state index is 12.1. The van der Waals surface area contributed by atoms with E-state index in [2.05, 4.69) is 21.9 Å². The zero-order chi connectivity index (χ0) is 26.7. The number of nitrogens with one attached hydrogen (secondary N) is 1. The summed E-state index contributed by atoms with van der Waals surface area (Å²) in [7, 11) is 0. The first-order valence-electron chi connectivity index (χ1n) is 14.5. The highest BCUT2D eigenvalue weighted by molar-refractivity contribution is 5.70. The second kappa shape index (κ2) is 18.8. The number of fused-ring (bicyclic) bond motifs is 1. The summed E-state index contributed by atoms with van der Waals surface area (Å²) in [6.07, 6.45) is 21.9. The number of carbonyl (C=O) groups excluding carboxylic acids is 1. The number of esters is 1. The number of H-pyrrole nitrogens is 1. The van der Waals surface area contributed by atoms with Crippen molar-refractivity contribution < 1.29 is 14.6 Å². The Morgan fingerprint density at radius 1 is 1.00 bits per heavy atom. The molecule has 0 saturated heterocycles. The summed E-state index contributed by atoms with van der Waals surface area (Å²) in [6.45, 7) is 2.83. The van der Waals surface area contributed by atoms with Gasteiger partial charge in [0, 0.05) is 25.5 Å². The average Bonchev–Trinajstić information content (AvgIpc) is 3.29. The van der Waals surface area contributed by atoms with Crippen LogP contribution < -0.4 is 11.3 Å².